The standard InChI is InChI=1S/C14H16ClN3O/c1-19-12-4-2-10(3-5-12)6-7-17-14-9-11(16)8-13(15)18-14/h2-5,8-9H,6-7H2,1H3,(H3,16,17,18). The summed E-state index contributed by atoms with van der Waals surface area (Å²) < 4.78 is 5.12. The zero-order chi connectivity index (χ0) is 13.7. The summed E-state index contributed by atoms with van der Waals surface area (Å²) in [5.74, 6) is 1.56. The molecule has 0 amide bonds. The van der Waals surface area contributed by atoms with Gasteiger partial charge in [-0.25, -0.2) is 4.98 Å². The molecule has 19 heavy (non-hydrogen) atoms. The Morgan fingerprint density at radius 3 is 2.63 bits per heavy atom. The third kappa shape index (κ3) is 4.03. The average molecular weight is 278 g/mol. The molecule has 2 aromatic rings. The van der Waals surface area contributed by atoms with Crippen molar-refractivity contribution in [2.24, 2.45) is 0 Å². The van der Waals surface area contributed by atoms with Gasteiger partial charge in [-0.2, -0.15) is 0 Å². The number of hydrogen-bond acceptors (Lipinski definition) is 4. The number of pyridine rings is 1. The number of nitrogens with zero attached hydrogens (tertiary/aromatic N) is 1. The van der Waals surface area contributed by atoms with E-state index in [1.165, 1.54) is 5.56 Å². The lowest BCUT2D eigenvalue weighted by atomic mass is 10.1. The summed E-state index contributed by atoms with van der Waals surface area (Å²) in [6.07, 6.45) is 0.887. The van der Waals surface area contributed by atoms with E-state index in [9.17, 15) is 0 Å². The molecule has 1 aromatic heterocycles. The summed E-state index contributed by atoms with van der Waals surface area (Å²) in [5.41, 5.74) is 7.52. The Labute approximate surface area is 117 Å². The molecule has 0 aliphatic heterocycles. The number of anilines is 2. The molecule has 100 valence electrons. The van der Waals surface area contributed by atoms with Gasteiger partial charge in [-0.15, -0.1) is 0 Å². The van der Waals surface area contributed by atoms with Gasteiger partial charge in [0.15, 0.2) is 0 Å². The Kier molecular flexibility index (Phi) is 4.47. The number of hydrogen-bond donors (Lipinski definition) is 2. The Hall–Kier alpha value is -1.94. The molecule has 0 aliphatic carbocycles. The Morgan fingerprint density at radius 1 is 1.26 bits per heavy atom. The quantitative estimate of drug-likeness (QED) is 0.825. The first-order valence-electron chi connectivity index (χ1n) is 5.97. The van der Waals surface area contributed by atoms with E-state index in [4.69, 9.17) is 22.1 Å². The van der Waals surface area contributed by atoms with Gasteiger partial charge in [-0.1, -0.05) is 23.7 Å². The molecule has 2 rings (SSSR count). The lowest BCUT2D eigenvalue weighted by molar-refractivity contribution is 0.414. The normalized spacial score (nSPS) is 10.2. The van der Waals surface area contributed by atoms with Crippen molar-refractivity contribution in [1.82, 2.24) is 4.98 Å². The number of aromatic nitrogens is 1. The summed E-state index contributed by atoms with van der Waals surface area (Å²) in [6, 6.07) is 11.4. The number of nitrogens with one attached hydrogen (secondary N) is 1. The first-order valence-corrected chi connectivity index (χ1v) is 6.35. The van der Waals surface area contributed by atoms with Gasteiger partial charge in [-0.3, -0.25) is 0 Å². The van der Waals surface area contributed by atoms with E-state index in [1.807, 2.05) is 24.3 Å². The molecule has 0 spiro atoms. The highest BCUT2D eigenvalue weighted by Crippen LogP contribution is 2.16. The van der Waals surface area contributed by atoms with E-state index < -0.39 is 0 Å². The van der Waals surface area contributed by atoms with Gasteiger partial charge in [0.05, 0.1) is 7.11 Å². The van der Waals surface area contributed by atoms with Crippen molar-refractivity contribution in [3.05, 3.63) is 47.1 Å². The lowest BCUT2D eigenvalue weighted by Crippen LogP contribution is -2.06. The van der Waals surface area contributed by atoms with Crippen LogP contribution in [-0.2, 0) is 6.42 Å². The van der Waals surface area contributed by atoms with Gasteiger partial charge in [0.1, 0.15) is 16.7 Å². The number of halogens is 1. The van der Waals surface area contributed by atoms with E-state index in [1.54, 1.807) is 19.2 Å². The summed E-state index contributed by atoms with van der Waals surface area (Å²) in [5, 5.41) is 3.59. The molecule has 0 saturated carbocycles. The van der Waals surface area contributed by atoms with Crippen LogP contribution in [0.3, 0.4) is 0 Å². The lowest BCUT2D eigenvalue weighted by Gasteiger charge is -2.07. The van der Waals surface area contributed by atoms with Gasteiger partial charge in [-0.05, 0) is 30.2 Å². The fourth-order valence-electron chi connectivity index (χ4n) is 1.73. The summed E-state index contributed by atoms with van der Waals surface area (Å²) in [7, 11) is 1.66. The zero-order valence-electron chi connectivity index (χ0n) is 10.7. The fraction of sp³-hybridized carbons (Fsp3) is 0.214. The van der Waals surface area contributed by atoms with Crippen LogP contribution in [0.25, 0.3) is 0 Å². The first kappa shape index (κ1) is 13.5. The molecule has 0 saturated heterocycles. The molecule has 3 N–H and O–H groups in total. The molecule has 0 fully saturated rings. The van der Waals surface area contributed by atoms with Crippen molar-refractivity contribution in [2.75, 3.05) is 24.7 Å². The number of nitrogen functional groups attached to an aromatic ring is 1. The topological polar surface area (TPSA) is 60.2 Å². The van der Waals surface area contributed by atoms with Crippen molar-refractivity contribution in [2.45, 2.75) is 6.42 Å². The smallest absolute Gasteiger partial charge is 0.133 e. The SMILES string of the molecule is COc1ccc(CCNc2cc(N)cc(Cl)n2)cc1. The summed E-state index contributed by atoms with van der Waals surface area (Å²) >= 11 is 5.83. The van der Waals surface area contributed by atoms with Crippen LogP contribution < -0.4 is 15.8 Å². The molecule has 0 aliphatic rings. The molecule has 1 heterocycles. The van der Waals surface area contributed by atoms with E-state index in [2.05, 4.69) is 10.3 Å². The maximum absolute atomic E-state index is 5.83. The monoisotopic (exact) mass is 277 g/mol. The fourth-order valence-corrected chi connectivity index (χ4v) is 1.95. The van der Waals surface area contributed by atoms with Crippen LogP contribution in [0, 0.1) is 0 Å². The molecule has 4 nitrogen and oxygen atoms in total. The van der Waals surface area contributed by atoms with Crippen LogP contribution in [0.1, 0.15) is 5.56 Å². The minimum Gasteiger partial charge on any atom is -0.497 e. The molecular formula is C14H16ClN3O. The van der Waals surface area contributed by atoms with Crippen LogP contribution in [0.5, 0.6) is 5.75 Å². The van der Waals surface area contributed by atoms with Crippen LogP contribution in [0.4, 0.5) is 11.5 Å². The summed E-state index contributed by atoms with van der Waals surface area (Å²) in [4.78, 5) is 4.15. The minimum absolute atomic E-state index is 0.395. The number of ether oxygens (including phenoxy) is 1. The highest BCUT2D eigenvalue weighted by molar-refractivity contribution is 6.29. The van der Waals surface area contributed by atoms with Gasteiger partial charge < -0.3 is 15.8 Å². The van der Waals surface area contributed by atoms with Gasteiger partial charge >= 0.3 is 0 Å². The highest BCUT2D eigenvalue weighted by atomic mass is 35.5. The predicted octanol–water partition coefficient (Wildman–Crippen LogP) is 2.98. The Bertz CT molecular complexity index is 523. The van der Waals surface area contributed by atoms with E-state index in [0.717, 1.165) is 18.7 Å². The summed E-state index contributed by atoms with van der Waals surface area (Å²) in [6.45, 7) is 0.763. The van der Waals surface area contributed by atoms with Gasteiger partial charge in [0.2, 0.25) is 0 Å². The van der Waals surface area contributed by atoms with Crippen molar-refractivity contribution in [3.63, 3.8) is 0 Å². The number of methoxy groups -OCH3 is 1. The highest BCUT2D eigenvalue weighted by Gasteiger charge is 1.99. The molecule has 0 atom stereocenters. The van der Waals surface area contributed by atoms with Gasteiger partial charge in [0, 0.05) is 18.3 Å². The number of nitrogens with two attached hydrogens (primary N) is 1. The average Bonchev–Trinajstić information content (AvgIpc) is 2.38. The minimum atomic E-state index is 0.395. The van der Waals surface area contributed by atoms with Crippen LogP contribution in [-0.4, -0.2) is 18.6 Å². The first-order chi connectivity index (χ1) is 9.17. The molecule has 0 bridgehead atoms. The van der Waals surface area contributed by atoms with E-state index >= 15 is 0 Å². The van der Waals surface area contributed by atoms with Crippen LogP contribution in [0.15, 0.2) is 36.4 Å². The second-order valence-electron chi connectivity index (χ2n) is 4.13. The second-order valence-corrected chi connectivity index (χ2v) is 4.52. The number of rotatable bonds is 5. The van der Waals surface area contributed by atoms with Crippen molar-refractivity contribution in [1.29, 1.82) is 0 Å². The Balaban J connectivity index is 1.88. The molecular weight excluding hydrogens is 262 g/mol. The maximum Gasteiger partial charge on any atom is 0.133 e. The van der Waals surface area contributed by atoms with E-state index in [-0.39, 0.29) is 0 Å². The third-order valence-corrected chi connectivity index (χ3v) is 2.89. The van der Waals surface area contributed by atoms with Crippen molar-refractivity contribution >= 4 is 23.1 Å². The molecule has 0 unspecified atom stereocenters. The van der Waals surface area contributed by atoms with E-state index in [0.29, 0.717) is 16.7 Å². The Morgan fingerprint density at radius 2 is 2.00 bits per heavy atom. The van der Waals surface area contributed by atoms with Gasteiger partial charge in [0.25, 0.3) is 0 Å². The molecule has 5 heteroatoms. The van der Waals surface area contributed by atoms with Crippen molar-refractivity contribution in [3.8, 4) is 5.75 Å². The van der Waals surface area contributed by atoms with Crippen LogP contribution in [0.2, 0.25) is 5.15 Å². The zero-order valence-corrected chi connectivity index (χ0v) is 11.4. The second kappa shape index (κ2) is 6.29. The molecule has 1 aromatic carbocycles. The van der Waals surface area contributed by atoms with Crippen molar-refractivity contribution < 1.29 is 4.74 Å². The largest absolute Gasteiger partial charge is 0.497 e. The number of benzene rings is 1. The molecule has 0 radical (unpaired) electrons. The predicted molar refractivity (Wildman–Crippen MR) is 78.8 cm³/mol. The van der Waals surface area contributed by atoms with Crippen LogP contribution >= 0.6 is 11.6 Å². The maximum atomic E-state index is 5.83. The third-order valence-electron chi connectivity index (χ3n) is 2.70.